The molecule has 2 aromatic rings. The number of carbonyl (C=O) groups excluding carboxylic acids is 1. The van der Waals surface area contributed by atoms with Gasteiger partial charge in [-0.05, 0) is 61.2 Å². The van der Waals surface area contributed by atoms with Gasteiger partial charge in [0.15, 0.2) is 0 Å². The van der Waals surface area contributed by atoms with Gasteiger partial charge >= 0.3 is 5.97 Å². The van der Waals surface area contributed by atoms with E-state index in [0.29, 0.717) is 27.9 Å². The van der Waals surface area contributed by atoms with Crippen LogP contribution in [-0.4, -0.2) is 30.1 Å². The van der Waals surface area contributed by atoms with Crippen LogP contribution in [0.4, 0.5) is 11.4 Å². The second kappa shape index (κ2) is 7.79. The summed E-state index contributed by atoms with van der Waals surface area (Å²) in [5.74, 6) is -0.771. The molecule has 1 unspecified atom stereocenters. The Bertz CT molecular complexity index is 820. The summed E-state index contributed by atoms with van der Waals surface area (Å²) >= 11 is 5.83. The van der Waals surface area contributed by atoms with Crippen molar-refractivity contribution in [2.75, 3.05) is 23.3 Å². The van der Waals surface area contributed by atoms with E-state index in [2.05, 4.69) is 17.1 Å². The van der Waals surface area contributed by atoms with E-state index in [9.17, 15) is 14.7 Å². The number of hydrogen-bond donors (Lipinski definition) is 2. The van der Waals surface area contributed by atoms with Gasteiger partial charge in [-0.3, -0.25) is 4.79 Å². The monoisotopic (exact) mass is 372 g/mol. The summed E-state index contributed by atoms with van der Waals surface area (Å²) in [6, 6.07) is 11.6. The number of hydrogen-bond acceptors (Lipinski definition) is 3. The van der Waals surface area contributed by atoms with Crippen LogP contribution in [0.2, 0.25) is 5.02 Å². The summed E-state index contributed by atoms with van der Waals surface area (Å²) in [5.41, 5.74) is 1.82. The van der Waals surface area contributed by atoms with Crippen molar-refractivity contribution in [2.45, 2.75) is 19.8 Å². The van der Waals surface area contributed by atoms with Crippen LogP contribution in [0.3, 0.4) is 0 Å². The number of anilines is 2. The molecule has 1 heterocycles. The molecule has 1 aliphatic heterocycles. The Morgan fingerprint density at radius 1 is 1.19 bits per heavy atom. The highest BCUT2D eigenvalue weighted by atomic mass is 35.5. The number of carbonyl (C=O) groups is 2. The SMILES string of the molecule is CC1CCCN(c2ccc(NC(=O)c3ccc(Cl)cc3)cc2C(=O)O)C1. The van der Waals surface area contributed by atoms with E-state index in [1.807, 2.05) is 0 Å². The first kappa shape index (κ1) is 18.3. The van der Waals surface area contributed by atoms with Crippen molar-refractivity contribution >= 4 is 34.9 Å². The zero-order valence-electron chi connectivity index (χ0n) is 14.5. The van der Waals surface area contributed by atoms with E-state index in [-0.39, 0.29) is 11.5 Å². The maximum atomic E-state index is 12.3. The van der Waals surface area contributed by atoms with Crippen molar-refractivity contribution in [1.82, 2.24) is 0 Å². The van der Waals surface area contributed by atoms with Gasteiger partial charge in [-0.15, -0.1) is 0 Å². The predicted molar refractivity (Wildman–Crippen MR) is 103 cm³/mol. The van der Waals surface area contributed by atoms with Crippen molar-refractivity contribution < 1.29 is 14.7 Å². The van der Waals surface area contributed by atoms with Crippen LogP contribution in [0.1, 0.15) is 40.5 Å². The lowest BCUT2D eigenvalue weighted by Gasteiger charge is -2.33. The van der Waals surface area contributed by atoms with Crippen LogP contribution in [0.15, 0.2) is 42.5 Å². The van der Waals surface area contributed by atoms with Gasteiger partial charge < -0.3 is 15.3 Å². The van der Waals surface area contributed by atoms with Gasteiger partial charge in [0.2, 0.25) is 0 Å². The number of benzene rings is 2. The third-order valence-electron chi connectivity index (χ3n) is 4.59. The highest BCUT2D eigenvalue weighted by Crippen LogP contribution is 2.29. The Labute approximate surface area is 157 Å². The molecule has 26 heavy (non-hydrogen) atoms. The van der Waals surface area contributed by atoms with Crippen LogP contribution in [0, 0.1) is 5.92 Å². The fourth-order valence-electron chi connectivity index (χ4n) is 3.27. The maximum absolute atomic E-state index is 12.3. The fourth-order valence-corrected chi connectivity index (χ4v) is 3.40. The second-order valence-electron chi connectivity index (χ2n) is 6.69. The first-order valence-electron chi connectivity index (χ1n) is 8.63. The zero-order valence-corrected chi connectivity index (χ0v) is 15.3. The van der Waals surface area contributed by atoms with E-state index in [1.165, 1.54) is 6.07 Å². The van der Waals surface area contributed by atoms with Crippen molar-refractivity contribution in [3.05, 3.63) is 58.6 Å². The lowest BCUT2D eigenvalue weighted by atomic mass is 9.98. The number of piperidine rings is 1. The number of nitrogens with zero attached hydrogens (tertiary/aromatic N) is 1. The molecule has 5 nitrogen and oxygen atoms in total. The standard InChI is InChI=1S/C20H21ClN2O3/c1-13-3-2-10-23(12-13)18-9-8-16(11-17(18)20(25)26)22-19(24)14-4-6-15(21)7-5-14/h4-9,11,13H,2-3,10,12H2,1H3,(H,22,24)(H,25,26). The van der Waals surface area contributed by atoms with Gasteiger partial charge in [0, 0.05) is 29.4 Å². The predicted octanol–water partition coefficient (Wildman–Crippen LogP) is 4.53. The number of carboxylic acid groups (broad SMARTS) is 1. The minimum atomic E-state index is -0.999. The molecule has 0 radical (unpaired) electrons. The molecule has 1 amide bonds. The molecule has 2 aromatic carbocycles. The van der Waals surface area contributed by atoms with Crippen molar-refractivity contribution in [1.29, 1.82) is 0 Å². The molecule has 2 N–H and O–H groups in total. The summed E-state index contributed by atoms with van der Waals surface area (Å²) in [6.07, 6.45) is 2.21. The Hall–Kier alpha value is -2.53. The van der Waals surface area contributed by atoms with Gasteiger partial charge in [0.25, 0.3) is 5.91 Å². The van der Waals surface area contributed by atoms with Crippen LogP contribution in [0.25, 0.3) is 0 Å². The molecule has 6 heteroatoms. The number of aromatic carboxylic acids is 1. The molecule has 0 spiro atoms. The third kappa shape index (κ3) is 4.17. The lowest BCUT2D eigenvalue weighted by molar-refractivity contribution is 0.0697. The largest absolute Gasteiger partial charge is 0.478 e. The Morgan fingerprint density at radius 2 is 1.92 bits per heavy atom. The molecular weight excluding hydrogens is 352 g/mol. The normalized spacial score (nSPS) is 17.0. The summed E-state index contributed by atoms with van der Waals surface area (Å²) in [5, 5.41) is 12.9. The van der Waals surface area contributed by atoms with Crippen LogP contribution in [0.5, 0.6) is 0 Å². The molecule has 1 aliphatic rings. The smallest absolute Gasteiger partial charge is 0.337 e. The Kier molecular flexibility index (Phi) is 5.47. The summed E-state index contributed by atoms with van der Waals surface area (Å²) < 4.78 is 0. The minimum Gasteiger partial charge on any atom is -0.478 e. The number of rotatable bonds is 4. The van der Waals surface area contributed by atoms with Crippen LogP contribution in [-0.2, 0) is 0 Å². The van der Waals surface area contributed by atoms with E-state index in [1.54, 1.807) is 36.4 Å². The average Bonchev–Trinajstić information content (AvgIpc) is 2.62. The van der Waals surface area contributed by atoms with Crippen molar-refractivity contribution in [3.63, 3.8) is 0 Å². The van der Waals surface area contributed by atoms with Crippen LogP contribution < -0.4 is 10.2 Å². The summed E-state index contributed by atoms with van der Waals surface area (Å²) in [7, 11) is 0. The number of carboxylic acids is 1. The summed E-state index contributed by atoms with van der Waals surface area (Å²) in [4.78, 5) is 26.2. The topological polar surface area (TPSA) is 69.6 Å². The van der Waals surface area contributed by atoms with E-state index >= 15 is 0 Å². The second-order valence-corrected chi connectivity index (χ2v) is 7.13. The molecule has 0 bridgehead atoms. The molecule has 1 fully saturated rings. The molecule has 1 saturated heterocycles. The van der Waals surface area contributed by atoms with Gasteiger partial charge in [-0.2, -0.15) is 0 Å². The zero-order chi connectivity index (χ0) is 18.7. The Morgan fingerprint density at radius 3 is 2.58 bits per heavy atom. The van der Waals surface area contributed by atoms with Gasteiger partial charge in [0.05, 0.1) is 11.3 Å². The first-order chi connectivity index (χ1) is 12.4. The molecule has 0 aliphatic carbocycles. The number of halogens is 1. The summed E-state index contributed by atoms with van der Waals surface area (Å²) in [6.45, 7) is 3.87. The van der Waals surface area contributed by atoms with E-state index < -0.39 is 5.97 Å². The molecular formula is C20H21ClN2O3. The van der Waals surface area contributed by atoms with Gasteiger partial charge in [0.1, 0.15) is 0 Å². The molecule has 0 aromatic heterocycles. The minimum absolute atomic E-state index is 0.202. The fraction of sp³-hybridized carbons (Fsp3) is 0.300. The molecule has 0 saturated carbocycles. The number of amides is 1. The molecule has 1 atom stereocenters. The molecule has 3 rings (SSSR count). The number of nitrogens with one attached hydrogen (secondary N) is 1. The van der Waals surface area contributed by atoms with E-state index in [0.717, 1.165) is 25.9 Å². The third-order valence-corrected chi connectivity index (χ3v) is 4.84. The van der Waals surface area contributed by atoms with Crippen molar-refractivity contribution in [3.8, 4) is 0 Å². The van der Waals surface area contributed by atoms with E-state index in [4.69, 9.17) is 11.6 Å². The molecule has 136 valence electrons. The maximum Gasteiger partial charge on any atom is 0.337 e. The highest BCUT2D eigenvalue weighted by molar-refractivity contribution is 6.30. The van der Waals surface area contributed by atoms with Gasteiger partial charge in [-0.1, -0.05) is 18.5 Å². The Balaban J connectivity index is 1.83. The van der Waals surface area contributed by atoms with Gasteiger partial charge in [-0.25, -0.2) is 4.79 Å². The average molecular weight is 373 g/mol. The highest BCUT2D eigenvalue weighted by Gasteiger charge is 2.22. The quantitative estimate of drug-likeness (QED) is 0.827. The van der Waals surface area contributed by atoms with Crippen molar-refractivity contribution in [2.24, 2.45) is 5.92 Å². The first-order valence-corrected chi connectivity index (χ1v) is 9.01. The van der Waals surface area contributed by atoms with Crippen LogP contribution >= 0.6 is 11.6 Å². The lowest BCUT2D eigenvalue weighted by Crippen LogP contribution is -2.35.